The molecular formula is C51H46N2O2PS+. The molecule has 0 atom stereocenters. The number of fused-ring (bicyclic) bond motifs is 1. The summed E-state index contributed by atoms with van der Waals surface area (Å²) in [6.07, 6.45) is 0. The lowest BCUT2D eigenvalue weighted by Crippen LogP contribution is -2.39. The minimum atomic E-state index is -2.19. The van der Waals surface area contributed by atoms with E-state index in [0.29, 0.717) is 18.3 Å². The highest BCUT2D eigenvalue weighted by molar-refractivity contribution is 8.01. The summed E-state index contributed by atoms with van der Waals surface area (Å²) >= 11 is 5.30. The lowest BCUT2D eigenvalue weighted by molar-refractivity contribution is 0.340. The van der Waals surface area contributed by atoms with Gasteiger partial charge >= 0.3 is 0 Å². The van der Waals surface area contributed by atoms with E-state index in [2.05, 4.69) is 168 Å². The van der Waals surface area contributed by atoms with E-state index in [1.54, 1.807) is 0 Å². The van der Waals surface area contributed by atoms with Crippen LogP contribution in [0.3, 0.4) is 0 Å². The molecule has 0 aliphatic heterocycles. The predicted octanol–water partition coefficient (Wildman–Crippen LogP) is 11.4. The molecule has 282 valence electrons. The molecule has 4 nitrogen and oxygen atoms in total. The molecule has 57 heavy (non-hydrogen) atoms. The summed E-state index contributed by atoms with van der Waals surface area (Å²) in [4.78, 5) is 0. The van der Waals surface area contributed by atoms with Crippen molar-refractivity contribution in [2.45, 2.75) is 13.8 Å². The zero-order valence-corrected chi connectivity index (χ0v) is 33.9. The number of nitrogens with one attached hydrogen (secondary N) is 2. The van der Waals surface area contributed by atoms with Gasteiger partial charge in [0.25, 0.3) is 0 Å². The van der Waals surface area contributed by atoms with Crippen LogP contribution in [-0.2, 0) is 0 Å². The molecule has 0 aliphatic rings. The highest BCUT2D eigenvalue weighted by Gasteiger charge is 2.49. The van der Waals surface area contributed by atoms with E-state index >= 15 is 0 Å². The molecule has 0 aromatic heterocycles. The van der Waals surface area contributed by atoms with Crippen LogP contribution in [0.25, 0.3) is 21.9 Å². The molecule has 2 N–H and O–H groups in total. The molecule has 8 aromatic carbocycles. The first kappa shape index (κ1) is 39.0. The van der Waals surface area contributed by atoms with Crippen molar-refractivity contribution < 1.29 is 9.47 Å². The summed E-state index contributed by atoms with van der Waals surface area (Å²) in [7, 11) is -2.19. The summed E-state index contributed by atoms with van der Waals surface area (Å²) in [5.74, 6) is 1.69. The van der Waals surface area contributed by atoms with Gasteiger partial charge in [0.2, 0.25) is 0 Å². The maximum atomic E-state index is 5.40. The van der Waals surface area contributed by atoms with Gasteiger partial charge in [0.15, 0.2) is 5.11 Å². The molecule has 0 amide bonds. The fourth-order valence-electron chi connectivity index (χ4n) is 7.17. The van der Waals surface area contributed by atoms with Crippen LogP contribution in [-0.4, -0.2) is 18.3 Å². The van der Waals surface area contributed by atoms with Crippen LogP contribution in [0.2, 0.25) is 0 Å². The van der Waals surface area contributed by atoms with Crippen molar-refractivity contribution >= 4 is 68.0 Å². The summed E-state index contributed by atoms with van der Waals surface area (Å²) < 4.78 is 10.8. The van der Waals surface area contributed by atoms with Gasteiger partial charge in [-0.3, -0.25) is 0 Å². The standard InChI is InChI=1S/C34H26P.C17H20N2O2S/c1-4-17-28(18-5-1)35(29-19-6-2-7-20-29,30-21-8-3-9-22-30)34-26-13-12-24-33(34)32-25-14-16-27-15-10-11-23-31(27)32;1-3-20-15-9-5-13(6-10-15)18-17(22)19-14-7-11-16(12-8-14)21-4-2/h1-26H;5-12H,3-4H2,1-2H3,(H2,18,19,22)/q+1;. The summed E-state index contributed by atoms with van der Waals surface area (Å²) in [5.41, 5.74) is 4.40. The van der Waals surface area contributed by atoms with Crippen molar-refractivity contribution in [1.82, 2.24) is 0 Å². The first-order valence-electron chi connectivity index (χ1n) is 19.3. The number of thiocarbonyl (C=S) groups is 1. The van der Waals surface area contributed by atoms with E-state index in [-0.39, 0.29) is 0 Å². The van der Waals surface area contributed by atoms with Gasteiger partial charge in [-0.2, -0.15) is 0 Å². The predicted molar refractivity (Wildman–Crippen MR) is 249 cm³/mol. The Bertz CT molecular complexity index is 2340. The molecule has 0 saturated carbocycles. The lowest BCUT2D eigenvalue weighted by Gasteiger charge is -2.29. The van der Waals surface area contributed by atoms with E-state index in [1.165, 1.54) is 43.1 Å². The number of ether oxygens (including phenoxy) is 2. The Morgan fingerprint density at radius 2 is 0.842 bits per heavy atom. The molecule has 0 aliphatic carbocycles. The fourth-order valence-corrected chi connectivity index (χ4v) is 11.9. The molecule has 0 saturated heterocycles. The van der Waals surface area contributed by atoms with Crippen molar-refractivity contribution in [1.29, 1.82) is 0 Å². The van der Waals surface area contributed by atoms with Gasteiger partial charge in [-0.25, -0.2) is 0 Å². The third-order valence-electron chi connectivity index (χ3n) is 9.62. The smallest absolute Gasteiger partial charge is 0.175 e. The van der Waals surface area contributed by atoms with E-state index < -0.39 is 7.26 Å². The maximum absolute atomic E-state index is 5.40. The fraction of sp³-hybridized carbons (Fsp3) is 0.0784. The highest BCUT2D eigenvalue weighted by Crippen LogP contribution is 2.56. The van der Waals surface area contributed by atoms with Crippen molar-refractivity contribution in [3.8, 4) is 22.6 Å². The van der Waals surface area contributed by atoms with Crippen LogP contribution in [0.1, 0.15) is 13.8 Å². The molecule has 0 spiro atoms. The summed E-state index contributed by atoms with van der Waals surface area (Å²) in [6.45, 7) is 5.24. The molecule has 0 heterocycles. The summed E-state index contributed by atoms with van der Waals surface area (Å²) in [5, 5.41) is 14.8. The number of benzene rings is 8. The third-order valence-corrected chi connectivity index (χ3v) is 14.2. The average Bonchev–Trinajstić information content (AvgIpc) is 3.27. The molecule has 0 fully saturated rings. The molecule has 6 heteroatoms. The van der Waals surface area contributed by atoms with Gasteiger partial charge in [-0.15, -0.1) is 0 Å². The second-order valence-electron chi connectivity index (χ2n) is 13.2. The average molecular weight is 782 g/mol. The third kappa shape index (κ3) is 9.08. The van der Waals surface area contributed by atoms with Gasteiger partial charge < -0.3 is 20.1 Å². The Morgan fingerprint density at radius 3 is 1.33 bits per heavy atom. The molecule has 0 unspecified atom stereocenters. The minimum absolute atomic E-state index is 0.535. The topological polar surface area (TPSA) is 42.5 Å². The highest BCUT2D eigenvalue weighted by atomic mass is 32.1. The van der Waals surface area contributed by atoms with Crippen LogP contribution in [0.5, 0.6) is 11.5 Å². The zero-order valence-electron chi connectivity index (χ0n) is 32.2. The Morgan fingerprint density at radius 1 is 0.439 bits per heavy atom. The second-order valence-corrected chi connectivity index (χ2v) is 17.0. The number of hydrogen-bond acceptors (Lipinski definition) is 3. The van der Waals surface area contributed by atoms with E-state index in [1.807, 2.05) is 62.4 Å². The molecule has 0 radical (unpaired) electrons. The molecule has 8 aromatic rings. The van der Waals surface area contributed by atoms with Crippen molar-refractivity contribution in [2.75, 3.05) is 23.8 Å². The van der Waals surface area contributed by atoms with Crippen molar-refractivity contribution in [2.24, 2.45) is 0 Å². The quantitative estimate of drug-likeness (QED) is 0.101. The first-order valence-corrected chi connectivity index (χ1v) is 21.5. The van der Waals surface area contributed by atoms with Gasteiger partial charge in [0.1, 0.15) is 40.0 Å². The number of rotatable bonds is 11. The monoisotopic (exact) mass is 781 g/mol. The van der Waals surface area contributed by atoms with Crippen molar-refractivity contribution in [3.05, 3.63) is 206 Å². The van der Waals surface area contributed by atoms with Crippen LogP contribution in [0, 0.1) is 0 Å². The Balaban J connectivity index is 0.000000195. The Labute approximate surface area is 342 Å². The lowest BCUT2D eigenvalue weighted by atomic mass is 9.98. The number of hydrogen-bond donors (Lipinski definition) is 2. The van der Waals surface area contributed by atoms with E-state index in [9.17, 15) is 0 Å². The second kappa shape index (κ2) is 19.1. The van der Waals surface area contributed by atoms with Crippen LogP contribution in [0.4, 0.5) is 11.4 Å². The normalized spacial score (nSPS) is 10.8. The number of anilines is 2. The Kier molecular flexibility index (Phi) is 13.0. The molecular weight excluding hydrogens is 736 g/mol. The molecule has 8 rings (SSSR count). The Hall–Kier alpha value is -6.26. The van der Waals surface area contributed by atoms with Crippen molar-refractivity contribution in [3.63, 3.8) is 0 Å². The van der Waals surface area contributed by atoms with Crippen LogP contribution >= 0.6 is 19.5 Å². The maximum Gasteiger partial charge on any atom is 0.175 e. The summed E-state index contributed by atoms with van der Waals surface area (Å²) in [6, 6.07) is 73.0. The minimum Gasteiger partial charge on any atom is -0.494 e. The van der Waals surface area contributed by atoms with Crippen LogP contribution < -0.4 is 41.3 Å². The van der Waals surface area contributed by atoms with E-state index in [0.717, 1.165) is 22.9 Å². The SMILES string of the molecule is CCOc1ccc(NC(=S)Nc2ccc(OCC)cc2)cc1.c1ccc([P+](c2ccccc2)(c2ccccc2)c2ccccc2-c2cccc3ccccc23)cc1. The van der Waals surface area contributed by atoms with Crippen LogP contribution in [0.15, 0.2) is 206 Å². The van der Waals surface area contributed by atoms with E-state index in [4.69, 9.17) is 21.7 Å². The van der Waals surface area contributed by atoms with Gasteiger partial charge in [-0.05, 0) is 133 Å². The molecule has 0 bridgehead atoms. The van der Waals surface area contributed by atoms with Gasteiger partial charge in [0, 0.05) is 16.9 Å². The van der Waals surface area contributed by atoms with Gasteiger partial charge in [-0.1, -0.05) is 115 Å². The van der Waals surface area contributed by atoms with Gasteiger partial charge in [0.05, 0.1) is 13.2 Å². The first-order chi connectivity index (χ1) is 28.1. The zero-order chi connectivity index (χ0) is 39.3. The largest absolute Gasteiger partial charge is 0.494 e.